The number of fused-ring (bicyclic) bond motifs is 1. The second kappa shape index (κ2) is 7.30. The third-order valence-corrected chi connectivity index (χ3v) is 3.61. The van der Waals surface area contributed by atoms with Crippen LogP contribution in [0.15, 0.2) is 24.3 Å². The van der Waals surface area contributed by atoms with Crippen molar-refractivity contribution in [2.24, 2.45) is 0 Å². The molecule has 0 spiro atoms. The van der Waals surface area contributed by atoms with Gasteiger partial charge in [-0.1, -0.05) is 57.6 Å². The van der Waals surface area contributed by atoms with Crippen LogP contribution in [0.1, 0.15) is 51.9 Å². The van der Waals surface area contributed by atoms with E-state index in [0.29, 0.717) is 0 Å². The second-order valence-electron chi connectivity index (χ2n) is 5.13. The van der Waals surface area contributed by atoms with Crippen LogP contribution in [0.3, 0.4) is 0 Å². The van der Waals surface area contributed by atoms with Gasteiger partial charge in [0, 0.05) is 6.54 Å². The second-order valence-corrected chi connectivity index (χ2v) is 5.13. The fourth-order valence-corrected chi connectivity index (χ4v) is 2.50. The van der Waals surface area contributed by atoms with Crippen molar-refractivity contribution in [3.63, 3.8) is 0 Å². The monoisotopic (exact) mass is 247 g/mol. The Morgan fingerprint density at radius 2 is 1.72 bits per heavy atom. The van der Waals surface area contributed by atoms with Gasteiger partial charge >= 0.3 is 0 Å². The first kappa shape index (κ1) is 13.3. The molecule has 0 saturated heterocycles. The number of nitrogens with zero attached hydrogens (tertiary/aromatic N) is 1. The van der Waals surface area contributed by atoms with Crippen molar-refractivity contribution < 1.29 is 4.74 Å². The number of hydrogen-bond acceptors (Lipinski definition) is 2. The van der Waals surface area contributed by atoms with Crippen LogP contribution in [0.5, 0.6) is 5.75 Å². The van der Waals surface area contributed by atoms with Crippen molar-refractivity contribution in [1.82, 2.24) is 0 Å². The molecule has 1 heterocycles. The van der Waals surface area contributed by atoms with E-state index >= 15 is 0 Å². The first-order chi connectivity index (χ1) is 8.92. The maximum absolute atomic E-state index is 5.65. The fourth-order valence-electron chi connectivity index (χ4n) is 2.50. The Kier molecular flexibility index (Phi) is 5.37. The Balaban J connectivity index is 1.61. The zero-order valence-electron chi connectivity index (χ0n) is 11.5. The molecule has 0 amide bonds. The lowest BCUT2D eigenvalue weighted by Crippen LogP contribution is -2.23. The van der Waals surface area contributed by atoms with Crippen molar-refractivity contribution in [2.75, 3.05) is 18.2 Å². The van der Waals surface area contributed by atoms with E-state index in [1.54, 1.807) is 0 Å². The van der Waals surface area contributed by atoms with Gasteiger partial charge in [-0.05, 0) is 18.6 Å². The van der Waals surface area contributed by atoms with Gasteiger partial charge in [-0.3, -0.25) is 0 Å². The zero-order valence-corrected chi connectivity index (χ0v) is 11.5. The molecule has 0 bridgehead atoms. The zero-order chi connectivity index (χ0) is 12.6. The maximum Gasteiger partial charge on any atom is 0.161 e. The summed E-state index contributed by atoms with van der Waals surface area (Å²) in [5.74, 6) is 1.04. The molecule has 18 heavy (non-hydrogen) atoms. The number of benzene rings is 1. The molecule has 2 heteroatoms. The molecule has 0 aromatic heterocycles. The fraction of sp³-hybridized carbons (Fsp3) is 0.625. The van der Waals surface area contributed by atoms with Gasteiger partial charge in [-0.25, -0.2) is 0 Å². The Morgan fingerprint density at radius 3 is 2.56 bits per heavy atom. The number of hydrogen-bond donors (Lipinski definition) is 0. The highest BCUT2D eigenvalue weighted by Gasteiger charge is 2.18. The molecule has 1 aromatic rings. The third kappa shape index (κ3) is 3.66. The van der Waals surface area contributed by atoms with E-state index in [9.17, 15) is 0 Å². The van der Waals surface area contributed by atoms with Crippen LogP contribution in [0.25, 0.3) is 0 Å². The lowest BCUT2D eigenvalue weighted by Gasteiger charge is -2.16. The topological polar surface area (TPSA) is 12.5 Å². The Labute approximate surface area is 111 Å². The minimum Gasteiger partial charge on any atom is -0.471 e. The van der Waals surface area contributed by atoms with Gasteiger partial charge in [0.2, 0.25) is 0 Å². The van der Waals surface area contributed by atoms with E-state index in [4.69, 9.17) is 4.74 Å². The molecule has 0 N–H and O–H groups in total. The number of ether oxygens (including phenoxy) is 1. The molecule has 0 radical (unpaired) electrons. The lowest BCUT2D eigenvalue weighted by molar-refractivity contribution is 0.345. The number of anilines is 1. The van der Waals surface area contributed by atoms with Gasteiger partial charge in [0.25, 0.3) is 0 Å². The predicted octanol–water partition coefficient (Wildman–Crippen LogP) is 4.59. The van der Waals surface area contributed by atoms with Crippen LogP contribution in [0.4, 0.5) is 5.69 Å². The average molecular weight is 247 g/mol. The first-order valence-corrected chi connectivity index (χ1v) is 7.38. The summed E-state index contributed by atoms with van der Waals surface area (Å²) in [7, 11) is 0. The predicted molar refractivity (Wildman–Crippen MR) is 77.3 cm³/mol. The van der Waals surface area contributed by atoms with Gasteiger partial charge in [-0.15, -0.1) is 0 Å². The quantitative estimate of drug-likeness (QED) is 0.623. The van der Waals surface area contributed by atoms with Gasteiger partial charge in [-0.2, -0.15) is 0 Å². The highest BCUT2D eigenvalue weighted by atomic mass is 16.5. The molecule has 0 unspecified atom stereocenters. The minimum absolute atomic E-state index is 0.731. The van der Waals surface area contributed by atoms with Crippen molar-refractivity contribution in [1.29, 1.82) is 0 Å². The Morgan fingerprint density at radius 1 is 1.00 bits per heavy atom. The standard InChI is InChI=1S/C16H25NO/c1-2-3-4-5-6-7-10-13-17-14-18-16-12-9-8-11-15(16)17/h8-9,11-12H,2-7,10,13-14H2,1H3. The van der Waals surface area contributed by atoms with Gasteiger partial charge in [0.05, 0.1) is 5.69 Å². The average Bonchev–Trinajstić information content (AvgIpc) is 2.81. The van der Waals surface area contributed by atoms with Gasteiger partial charge in [0.15, 0.2) is 6.73 Å². The summed E-state index contributed by atoms with van der Waals surface area (Å²) in [6.07, 6.45) is 9.56. The molecule has 0 aliphatic carbocycles. The largest absolute Gasteiger partial charge is 0.471 e. The van der Waals surface area contributed by atoms with Crippen LogP contribution in [0.2, 0.25) is 0 Å². The molecule has 1 aromatic carbocycles. The smallest absolute Gasteiger partial charge is 0.161 e. The summed E-state index contributed by atoms with van der Waals surface area (Å²) >= 11 is 0. The van der Waals surface area contributed by atoms with Crippen LogP contribution in [-0.4, -0.2) is 13.3 Å². The van der Waals surface area contributed by atoms with E-state index in [2.05, 4.69) is 30.0 Å². The Bertz CT molecular complexity index is 351. The molecule has 2 nitrogen and oxygen atoms in total. The summed E-state index contributed by atoms with van der Waals surface area (Å²) in [5, 5.41) is 0. The SMILES string of the molecule is CCCCCCCCCN1COc2ccccc21. The molecule has 1 aliphatic rings. The molecule has 1 aliphatic heterocycles. The summed E-state index contributed by atoms with van der Waals surface area (Å²) < 4.78 is 5.65. The summed E-state index contributed by atoms with van der Waals surface area (Å²) in [6, 6.07) is 8.34. The van der Waals surface area contributed by atoms with Crippen LogP contribution in [-0.2, 0) is 0 Å². The maximum atomic E-state index is 5.65. The van der Waals surface area contributed by atoms with Crippen LogP contribution in [0, 0.1) is 0 Å². The number of rotatable bonds is 8. The van der Waals surface area contributed by atoms with Gasteiger partial charge < -0.3 is 9.64 Å². The normalized spacial score (nSPS) is 13.5. The summed E-state index contributed by atoms with van der Waals surface area (Å²) in [6.45, 7) is 4.13. The van der Waals surface area contributed by atoms with E-state index in [-0.39, 0.29) is 0 Å². The summed E-state index contributed by atoms with van der Waals surface area (Å²) in [5.41, 5.74) is 1.27. The van der Waals surface area contributed by atoms with Crippen LogP contribution < -0.4 is 9.64 Å². The molecule has 100 valence electrons. The molecule has 0 atom stereocenters. The molecule has 0 fully saturated rings. The summed E-state index contributed by atoms with van der Waals surface area (Å²) in [4.78, 5) is 2.35. The van der Waals surface area contributed by atoms with Gasteiger partial charge in [0.1, 0.15) is 5.75 Å². The third-order valence-electron chi connectivity index (χ3n) is 3.61. The molecular formula is C16H25NO. The highest BCUT2D eigenvalue weighted by molar-refractivity contribution is 5.60. The van der Waals surface area contributed by atoms with E-state index in [0.717, 1.165) is 19.0 Å². The number of para-hydroxylation sites is 2. The van der Waals surface area contributed by atoms with E-state index in [1.807, 2.05) is 6.07 Å². The highest BCUT2D eigenvalue weighted by Crippen LogP contribution is 2.33. The Hall–Kier alpha value is -1.18. The molecular weight excluding hydrogens is 222 g/mol. The number of unbranched alkanes of at least 4 members (excludes halogenated alkanes) is 6. The van der Waals surface area contributed by atoms with E-state index in [1.165, 1.54) is 50.6 Å². The molecule has 2 rings (SSSR count). The first-order valence-electron chi connectivity index (χ1n) is 7.38. The van der Waals surface area contributed by atoms with E-state index < -0.39 is 0 Å². The molecule has 0 saturated carbocycles. The lowest BCUT2D eigenvalue weighted by atomic mass is 10.1. The van der Waals surface area contributed by atoms with Crippen molar-refractivity contribution in [3.8, 4) is 5.75 Å². The van der Waals surface area contributed by atoms with Crippen molar-refractivity contribution >= 4 is 5.69 Å². The van der Waals surface area contributed by atoms with Crippen molar-refractivity contribution in [2.45, 2.75) is 51.9 Å². The van der Waals surface area contributed by atoms with Crippen molar-refractivity contribution in [3.05, 3.63) is 24.3 Å². The minimum atomic E-state index is 0.731. The van der Waals surface area contributed by atoms with Crippen LogP contribution >= 0.6 is 0 Å².